The number of halogens is 4. The molecule has 0 atom stereocenters. The first-order valence-corrected chi connectivity index (χ1v) is 7.72. The van der Waals surface area contributed by atoms with Crippen LogP contribution in [0.2, 0.25) is 5.02 Å². The zero-order chi connectivity index (χ0) is 18.4. The number of methoxy groups -OCH3 is 1. The van der Waals surface area contributed by atoms with Crippen molar-refractivity contribution in [1.29, 1.82) is 0 Å². The molecule has 25 heavy (non-hydrogen) atoms. The van der Waals surface area contributed by atoms with E-state index in [2.05, 4.69) is 10.6 Å². The lowest BCUT2D eigenvalue weighted by Crippen LogP contribution is -2.31. The van der Waals surface area contributed by atoms with Crippen molar-refractivity contribution >= 4 is 23.3 Å². The van der Waals surface area contributed by atoms with Crippen LogP contribution in [0.5, 0.6) is 5.75 Å². The number of nitrogens with one attached hydrogen (secondary N) is 2. The monoisotopic (exact) mass is 372 g/mol. The highest BCUT2D eigenvalue weighted by Crippen LogP contribution is 2.36. The lowest BCUT2D eigenvalue weighted by atomic mass is 10.1. The number of hydrogen-bond acceptors (Lipinski definition) is 2. The van der Waals surface area contributed by atoms with Gasteiger partial charge in [0, 0.05) is 11.6 Å². The SMILES string of the molecule is COc1cccc(CCNC(=O)Nc2ccc(Cl)cc2C(F)(F)F)c1. The van der Waals surface area contributed by atoms with Crippen LogP contribution in [0.3, 0.4) is 0 Å². The van der Waals surface area contributed by atoms with Crippen molar-refractivity contribution in [1.82, 2.24) is 5.32 Å². The zero-order valence-electron chi connectivity index (χ0n) is 13.3. The van der Waals surface area contributed by atoms with E-state index in [1.807, 2.05) is 18.2 Å². The summed E-state index contributed by atoms with van der Waals surface area (Å²) in [5.41, 5.74) is -0.416. The summed E-state index contributed by atoms with van der Waals surface area (Å²) < 4.78 is 44.0. The summed E-state index contributed by atoms with van der Waals surface area (Å²) in [6.07, 6.45) is -4.11. The van der Waals surface area contributed by atoms with Gasteiger partial charge in [-0.2, -0.15) is 13.2 Å². The minimum Gasteiger partial charge on any atom is -0.497 e. The minimum absolute atomic E-state index is 0.0590. The molecule has 0 bridgehead atoms. The lowest BCUT2D eigenvalue weighted by Gasteiger charge is -2.14. The molecule has 0 heterocycles. The topological polar surface area (TPSA) is 50.4 Å². The Bertz CT molecular complexity index is 751. The molecule has 4 nitrogen and oxygen atoms in total. The van der Waals surface area contributed by atoms with Crippen LogP contribution in [0.4, 0.5) is 23.7 Å². The molecule has 0 aliphatic carbocycles. The average Bonchev–Trinajstić information content (AvgIpc) is 2.56. The van der Waals surface area contributed by atoms with Crippen LogP contribution in [0.1, 0.15) is 11.1 Å². The number of rotatable bonds is 5. The van der Waals surface area contributed by atoms with Gasteiger partial charge in [0.15, 0.2) is 0 Å². The summed E-state index contributed by atoms with van der Waals surface area (Å²) in [5.74, 6) is 0.693. The molecule has 0 unspecified atom stereocenters. The van der Waals surface area contributed by atoms with Crippen molar-refractivity contribution in [3.8, 4) is 5.75 Å². The maximum atomic E-state index is 13.0. The summed E-state index contributed by atoms with van der Waals surface area (Å²) >= 11 is 5.60. The van der Waals surface area contributed by atoms with E-state index in [-0.39, 0.29) is 17.3 Å². The summed E-state index contributed by atoms with van der Waals surface area (Å²) in [4.78, 5) is 11.8. The van der Waals surface area contributed by atoms with Gasteiger partial charge in [-0.1, -0.05) is 23.7 Å². The van der Waals surface area contributed by atoms with Crippen LogP contribution in [0.25, 0.3) is 0 Å². The van der Waals surface area contributed by atoms with E-state index in [1.165, 1.54) is 6.07 Å². The van der Waals surface area contributed by atoms with Crippen molar-refractivity contribution in [3.63, 3.8) is 0 Å². The number of alkyl halides is 3. The van der Waals surface area contributed by atoms with Gasteiger partial charge < -0.3 is 15.4 Å². The predicted octanol–water partition coefficient (Wildman–Crippen LogP) is 4.73. The second kappa shape index (κ2) is 8.11. The Labute approximate surface area is 147 Å². The Morgan fingerprint density at radius 1 is 1.20 bits per heavy atom. The Hall–Kier alpha value is -2.41. The molecule has 0 fully saturated rings. The summed E-state index contributed by atoms with van der Waals surface area (Å²) in [6, 6.07) is 9.74. The fourth-order valence-electron chi connectivity index (χ4n) is 2.17. The highest BCUT2D eigenvalue weighted by molar-refractivity contribution is 6.30. The normalized spacial score (nSPS) is 11.1. The van der Waals surface area contributed by atoms with Gasteiger partial charge in [-0.25, -0.2) is 4.79 Å². The van der Waals surface area contributed by atoms with Gasteiger partial charge in [0.25, 0.3) is 0 Å². The fourth-order valence-corrected chi connectivity index (χ4v) is 2.35. The molecular formula is C17H16ClF3N2O2. The van der Waals surface area contributed by atoms with Crippen LogP contribution in [0, 0.1) is 0 Å². The largest absolute Gasteiger partial charge is 0.497 e. The van der Waals surface area contributed by atoms with Gasteiger partial charge >= 0.3 is 12.2 Å². The number of benzene rings is 2. The standard InChI is InChI=1S/C17H16ClF3N2O2/c1-25-13-4-2-3-11(9-13)7-8-22-16(24)23-15-6-5-12(18)10-14(15)17(19,20)21/h2-6,9-10H,7-8H2,1H3,(H2,22,23,24). The number of anilines is 1. The highest BCUT2D eigenvalue weighted by Gasteiger charge is 2.34. The Balaban J connectivity index is 1.94. The van der Waals surface area contributed by atoms with Gasteiger partial charge in [0.05, 0.1) is 18.4 Å². The zero-order valence-corrected chi connectivity index (χ0v) is 14.0. The average molecular weight is 373 g/mol. The second-order valence-corrected chi connectivity index (χ2v) is 5.61. The molecule has 2 rings (SSSR count). The number of carbonyl (C=O) groups is 1. The van der Waals surface area contributed by atoms with Crippen LogP contribution in [0.15, 0.2) is 42.5 Å². The van der Waals surface area contributed by atoms with Crippen LogP contribution in [-0.4, -0.2) is 19.7 Å². The molecule has 2 aromatic rings. The number of ether oxygens (including phenoxy) is 1. The molecule has 0 aliphatic heterocycles. The third-order valence-corrected chi connectivity index (χ3v) is 3.60. The molecule has 0 aromatic heterocycles. The van der Waals surface area contributed by atoms with Crippen molar-refractivity contribution in [2.75, 3.05) is 19.0 Å². The van der Waals surface area contributed by atoms with Gasteiger partial charge in [0.2, 0.25) is 0 Å². The van der Waals surface area contributed by atoms with Gasteiger partial charge in [-0.3, -0.25) is 0 Å². The Morgan fingerprint density at radius 3 is 2.64 bits per heavy atom. The molecule has 2 aromatic carbocycles. The van der Waals surface area contributed by atoms with Crippen LogP contribution >= 0.6 is 11.6 Å². The molecule has 0 saturated heterocycles. The Morgan fingerprint density at radius 2 is 1.96 bits per heavy atom. The van der Waals surface area contributed by atoms with Gasteiger partial charge in [-0.15, -0.1) is 0 Å². The van der Waals surface area contributed by atoms with E-state index < -0.39 is 17.8 Å². The lowest BCUT2D eigenvalue weighted by molar-refractivity contribution is -0.136. The van der Waals surface area contributed by atoms with E-state index in [0.717, 1.165) is 17.7 Å². The van der Waals surface area contributed by atoms with E-state index in [4.69, 9.17) is 16.3 Å². The third kappa shape index (κ3) is 5.56. The van der Waals surface area contributed by atoms with Gasteiger partial charge in [0.1, 0.15) is 5.75 Å². The predicted molar refractivity (Wildman–Crippen MR) is 90.2 cm³/mol. The summed E-state index contributed by atoms with van der Waals surface area (Å²) in [6.45, 7) is 0.258. The van der Waals surface area contributed by atoms with E-state index in [1.54, 1.807) is 13.2 Å². The molecule has 0 aliphatic rings. The van der Waals surface area contributed by atoms with E-state index >= 15 is 0 Å². The van der Waals surface area contributed by atoms with Crippen LogP contribution < -0.4 is 15.4 Å². The third-order valence-electron chi connectivity index (χ3n) is 3.37. The smallest absolute Gasteiger partial charge is 0.418 e. The second-order valence-electron chi connectivity index (χ2n) is 5.17. The Kier molecular flexibility index (Phi) is 6.14. The number of urea groups is 1. The van der Waals surface area contributed by atoms with E-state index in [0.29, 0.717) is 12.2 Å². The number of amides is 2. The number of carbonyl (C=O) groups excluding carboxylic acids is 1. The maximum Gasteiger partial charge on any atom is 0.418 e. The molecule has 2 amide bonds. The first-order valence-electron chi connectivity index (χ1n) is 7.34. The first kappa shape index (κ1) is 18.9. The minimum atomic E-state index is -4.62. The number of hydrogen-bond donors (Lipinski definition) is 2. The molecule has 0 saturated carbocycles. The molecule has 0 spiro atoms. The van der Waals surface area contributed by atoms with Crippen molar-refractivity contribution in [3.05, 3.63) is 58.6 Å². The molecule has 8 heteroatoms. The van der Waals surface area contributed by atoms with Crippen LogP contribution in [-0.2, 0) is 12.6 Å². The van der Waals surface area contributed by atoms with E-state index in [9.17, 15) is 18.0 Å². The summed E-state index contributed by atoms with van der Waals surface area (Å²) in [5, 5.41) is 4.66. The summed E-state index contributed by atoms with van der Waals surface area (Å²) in [7, 11) is 1.55. The molecule has 134 valence electrons. The van der Waals surface area contributed by atoms with Crippen molar-refractivity contribution in [2.24, 2.45) is 0 Å². The quantitative estimate of drug-likeness (QED) is 0.797. The first-order chi connectivity index (χ1) is 11.8. The van der Waals surface area contributed by atoms with Crippen molar-refractivity contribution < 1.29 is 22.7 Å². The maximum absolute atomic E-state index is 13.0. The highest BCUT2D eigenvalue weighted by atomic mass is 35.5. The fraction of sp³-hybridized carbons (Fsp3) is 0.235. The molecule has 2 N–H and O–H groups in total. The van der Waals surface area contributed by atoms with Gasteiger partial charge in [-0.05, 0) is 42.3 Å². The molecular weight excluding hydrogens is 357 g/mol. The molecule has 0 radical (unpaired) electrons. The van der Waals surface area contributed by atoms with Crippen molar-refractivity contribution in [2.45, 2.75) is 12.6 Å².